The second kappa shape index (κ2) is 5.03. The summed E-state index contributed by atoms with van der Waals surface area (Å²) in [4.78, 5) is 4.14. The van der Waals surface area contributed by atoms with Gasteiger partial charge in [-0.2, -0.15) is 0 Å². The summed E-state index contributed by atoms with van der Waals surface area (Å²) in [6.45, 7) is 6.28. The molecule has 2 heteroatoms. The molecule has 0 aliphatic heterocycles. The van der Waals surface area contributed by atoms with Gasteiger partial charge in [0.25, 0.3) is 0 Å². The van der Waals surface area contributed by atoms with Crippen molar-refractivity contribution in [1.29, 1.82) is 0 Å². The largest absolute Gasteiger partial charge is 0.516 e. The van der Waals surface area contributed by atoms with Gasteiger partial charge in [-0.1, -0.05) is 13.8 Å². The molecule has 0 spiro atoms. The molecule has 0 aromatic carbocycles. The molecule has 2 nitrogen and oxygen atoms in total. The lowest BCUT2D eigenvalue weighted by atomic mass is 10.1. The first-order valence-corrected chi connectivity index (χ1v) is 3.51. The molecule has 10 heavy (non-hydrogen) atoms. The molecule has 0 saturated heterocycles. The molecule has 0 bridgehead atoms. The van der Waals surface area contributed by atoms with Crippen LogP contribution in [0, 0.1) is 5.92 Å². The average Bonchev–Trinajstić information content (AvgIpc) is 1.88. The first-order valence-electron chi connectivity index (χ1n) is 3.51. The monoisotopic (exact) mass is 141 g/mol. The van der Waals surface area contributed by atoms with Gasteiger partial charge in [0.15, 0.2) is 0 Å². The van der Waals surface area contributed by atoms with Gasteiger partial charge < -0.3 is 5.11 Å². The molecule has 0 unspecified atom stereocenters. The molecule has 58 valence electrons. The maximum Gasteiger partial charge on any atom is 0.0806 e. The Labute approximate surface area is 62.3 Å². The molecule has 0 saturated carbocycles. The van der Waals surface area contributed by atoms with Crippen molar-refractivity contribution >= 4 is 6.21 Å². The quantitative estimate of drug-likeness (QED) is 0.474. The average molecular weight is 141 g/mol. The van der Waals surface area contributed by atoms with E-state index in [1.165, 1.54) is 6.08 Å². The fourth-order valence-corrected chi connectivity index (χ4v) is 0.396. The van der Waals surface area contributed by atoms with Crippen molar-refractivity contribution in [3.05, 3.63) is 12.3 Å². The zero-order valence-electron chi connectivity index (χ0n) is 6.78. The normalized spacial score (nSPS) is 15.6. The van der Waals surface area contributed by atoms with Gasteiger partial charge in [0.05, 0.1) is 6.26 Å². The van der Waals surface area contributed by atoms with Crippen molar-refractivity contribution < 1.29 is 5.11 Å². The summed E-state index contributed by atoms with van der Waals surface area (Å²) in [5.74, 6) is 0.559. The molecule has 0 fully saturated rings. The lowest BCUT2D eigenvalue weighted by molar-refractivity contribution is 0.474. The molecular weight excluding hydrogens is 126 g/mol. The molecule has 0 aromatic rings. The van der Waals surface area contributed by atoms with Gasteiger partial charge in [-0.15, -0.1) is 0 Å². The maximum atomic E-state index is 8.25. The Hall–Kier alpha value is -0.790. The summed E-state index contributed by atoms with van der Waals surface area (Å²) >= 11 is 0. The van der Waals surface area contributed by atoms with E-state index in [9.17, 15) is 0 Å². The number of aliphatic imine (C=N–C) groups is 1. The number of hydrogen-bond acceptors (Lipinski definition) is 2. The highest BCUT2D eigenvalue weighted by molar-refractivity contribution is 5.70. The first kappa shape index (κ1) is 9.21. The highest BCUT2D eigenvalue weighted by atomic mass is 16.2. The summed E-state index contributed by atoms with van der Waals surface area (Å²) in [6, 6.07) is 0.330. The Morgan fingerprint density at radius 1 is 1.30 bits per heavy atom. The second-order valence-corrected chi connectivity index (χ2v) is 2.62. The molecule has 0 aromatic heterocycles. The lowest BCUT2D eigenvalue weighted by Gasteiger charge is -2.07. The lowest BCUT2D eigenvalue weighted by Crippen LogP contribution is -2.06. The minimum Gasteiger partial charge on any atom is -0.516 e. The Morgan fingerprint density at radius 3 is 2.30 bits per heavy atom. The van der Waals surface area contributed by atoms with E-state index in [-0.39, 0.29) is 0 Å². The third kappa shape index (κ3) is 4.13. The van der Waals surface area contributed by atoms with Crippen LogP contribution in [-0.4, -0.2) is 17.4 Å². The number of hydrogen-bond donors (Lipinski definition) is 1. The molecule has 0 heterocycles. The van der Waals surface area contributed by atoms with Crippen molar-refractivity contribution in [3.63, 3.8) is 0 Å². The summed E-state index contributed by atoms with van der Waals surface area (Å²) < 4.78 is 0. The van der Waals surface area contributed by atoms with Gasteiger partial charge in [-0.25, -0.2) is 0 Å². The topological polar surface area (TPSA) is 32.6 Å². The maximum absolute atomic E-state index is 8.25. The van der Waals surface area contributed by atoms with Crippen LogP contribution in [0.1, 0.15) is 20.8 Å². The predicted molar refractivity (Wildman–Crippen MR) is 44.6 cm³/mol. The number of aliphatic hydroxyl groups is 1. The first-order chi connectivity index (χ1) is 4.68. The molecule has 0 aliphatic rings. The predicted octanol–water partition coefficient (Wildman–Crippen LogP) is 2.17. The van der Waals surface area contributed by atoms with E-state index >= 15 is 0 Å². The van der Waals surface area contributed by atoms with Crippen LogP contribution in [0.4, 0.5) is 0 Å². The van der Waals surface area contributed by atoms with Crippen LogP contribution in [0.2, 0.25) is 0 Å². The molecule has 1 N–H and O–H groups in total. The smallest absolute Gasteiger partial charge is 0.0806 e. The third-order valence-corrected chi connectivity index (χ3v) is 1.46. The zero-order chi connectivity index (χ0) is 7.98. The van der Waals surface area contributed by atoms with Gasteiger partial charge in [0.2, 0.25) is 0 Å². The number of allylic oxidation sites excluding steroid dienone is 1. The van der Waals surface area contributed by atoms with Crippen molar-refractivity contribution in [2.24, 2.45) is 10.9 Å². The molecular formula is C8H15NO. The van der Waals surface area contributed by atoms with Gasteiger partial charge in [-0.05, 0) is 18.9 Å². The minimum atomic E-state index is 0.330. The second-order valence-electron chi connectivity index (χ2n) is 2.62. The van der Waals surface area contributed by atoms with E-state index in [0.29, 0.717) is 12.0 Å². The number of rotatable bonds is 3. The SMILES string of the molecule is CC(C)[C@H](C)/N=C\C=C\O. The summed E-state index contributed by atoms with van der Waals surface area (Å²) in [6.07, 6.45) is 4.11. The van der Waals surface area contributed by atoms with E-state index in [4.69, 9.17) is 5.11 Å². The highest BCUT2D eigenvalue weighted by Gasteiger charge is 2.01. The number of nitrogens with zero attached hydrogens (tertiary/aromatic N) is 1. The summed E-state index contributed by atoms with van der Waals surface area (Å²) in [5.41, 5.74) is 0. The Balaban J connectivity index is 3.66. The van der Waals surface area contributed by atoms with Gasteiger partial charge in [0.1, 0.15) is 0 Å². The van der Waals surface area contributed by atoms with Crippen LogP contribution in [0.15, 0.2) is 17.3 Å². The fourth-order valence-electron chi connectivity index (χ4n) is 0.396. The van der Waals surface area contributed by atoms with Crippen LogP contribution >= 0.6 is 0 Å². The highest BCUT2D eigenvalue weighted by Crippen LogP contribution is 2.03. The van der Waals surface area contributed by atoms with Crippen LogP contribution in [-0.2, 0) is 0 Å². The third-order valence-electron chi connectivity index (χ3n) is 1.46. The van der Waals surface area contributed by atoms with Crippen LogP contribution in [0.3, 0.4) is 0 Å². The summed E-state index contributed by atoms with van der Waals surface area (Å²) in [7, 11) is 0. The zero-order valence-corrected chi connectivity index (χ0v) is 6.78. The van der Waals surface area contributed by atoms with E-state index in [2.05, 4.69) is 18.8 Å². The van der Waals surface area contributed by atoms with E-state index < -0.39 is 0 Å². The fraction of sp³-hybridized carbons (Fsp3) is 0.625. The van der Waals surface area contributed by atoms with Crippen LogP contribution < -0.4 is 0 Å². The summed E-state index contributed by atoms with van der Waals surface area (Å²) in [5, 5.41) is 8.25. The minimum absolute atomic E-state index is 0.330. The van der Waals surface area contributed by atoms with Crippen LogP contribution in [0.5, 0.6) is 0 Å². The Kier molecular flexibility index (Phi) is 4.63. The molecule has 0 rings (SSSR count). The van der Waals surface area contributed by atoms with Crippen molar-refractivity contribution in [1.82, 2.24) is 0 Å². The standard InChI is InChI=1S/C8H15NO/c1-7(2)8(3)9-5-4-6-10/h4-8,10H,1-3H3/b6-4+,9-5-/t8-/m0/s1. The van der Waals surface area contributed by atoms with Gasteiger partial charge >= 0.3 is 0 Å². The molecule has 0 amide bonds. The number of aliphatic hydroxyl groups excluding tert-OH is 1. The van der Waals surface area contributed by atoms with Crippen molar-refractivity contribution in [3.8, 4) is 0 Å². The van der Waals surface area contributed by atoms with Crippen molar-refractivity contribution in [2.45, 2.75) is 26.8 Å². The van der Waals surface area contributed by atoms with Gasteiger partial charge in [0, 0.05) is 12.3 Å². The van der Waals surface area contributed by atoms with E-state index in [0.717, 1.165) is 6.26 Å². The molecule has 1 atom stereocenters. The van der Waals surface area contributed by atoms with E-state index in [1.807, 2.05) is 6.92 Å². The van der Waals surface area contributed by atoms with Gasteiger partial charge in [-0.3, -0.25) is 4.99 Å². The van der Waals surface area contributed by atoms with E-state index in [1.54, 1.807) is 6.21 Å². The Bertz CT molecular complexity index is 127. The van der Waals surface area contributed by atoms with Crippen molar-refractivity contribution in [2.75, 3.05) is 0 Å². The van der Waals surface area contributed by atoms with Crippen LogP contribution in [0.25, 0.3) is 0 Å². The molecule has 0 radical (unpaired) electrons. The molecule has 0 aliphatic carbocycles. The Morgan fingerprint density at radius 2 is 1.90 bits per heavy atom.